The molecule has 0 atom stereocenters. The Morgan fingerprint density at radius 2 is 1.70 bits per heavy atom. The third-order valence-corrected chi connectivity index (χ3v) is 4.54. The van der Waals surface area contributed by atoms with Gasteiger partial charge in [0.25, 0.3) is 0 Å². The lowest BCUT2D eigenvalue weighted by atomic mass is 10.1. The SMILES string of the molecule is CCc1ccc(/C=N\NC(=O)CCCC(=O)Nc2ccc(Cl)c(Cl)c2)cc1. The summed E-state index contributed by atoms with van der Waals surface area (Å²) in [6.45, 7) is 2.09. The van der Waals surface area contributed by atoms with Crippen LogP contribution in [0.4, 0.5) is 5.69 Å². The molecular formula is C20H21Cl2N3O2. The average molecular weight is 406 g/mol. The molecule has 0 aliphatic heterocycles. The van der Waals surface area contributed by atoms with Crippen LogP contribution in [0.15, 0.2) is 47.6 Å². The molecule has 2 rings (SSSR count). The first-order valence-corrected chi connectivity index (χ1v) is 9.39. The van der Waals surface area contributed by atoms with Gasteiger partial charge < -0.3 is 5.32 Å². The zero-order chi connectivity index (χ0) is 19.6. The molecular weight excluding hydrogens is 385 g/mol. The number of anilines is 1. The maximum Gasteiger partial charge on any atom is 0.240 e. The Labute approximate surface area is 168 Å². The fourth-order valence-electron chi connectivity index (χ4n) is 2.28. The lowest BCUT2D eigenvalue weighted by molar-refractivity contribution is -0.121. The second kappa shape index (κ2) is 10.7. The van der Waals surface area contributed by atoms with Crippen LogP contribution in [0.2, 0.25) is 10.0 Å². The van der Waals surface area contributed by atoms with E-state index in [0.717, 1.165) is 12.0 Å². The first-order chi connectivity index (χ1) is 13.0. The molecule has 7 heteroatoms. The molecule has 0 bridgehead atoms. The second-order valence-electron chi connectivity index (χ2n) is 5.92. The largest absolute Gasteiger partial charge is 0.326 e. The smallest absolute Gasteiger partial charge is 0.240 e. The van der Waals surface area contributed by atoms with E-state index in [1.165, 1.54) is 5.56 Å². The highest BCUT2D eigenvalue weighted by Gasteiger charge is 2.06. The van der Waals surface area contributed by atoms with Crippen LogP contribution >= 0.6 is 23.2 Å². The van der Waals surface area contributed by atoms with Gasteiger partial charge in [0.2, 0.25) is 11.8 Å². The van der Waals surface area contributed by atoms with Crippen LogP contribution in [-0.2, 0) is 16.0 Å². The van der Waals surface area contributed by atoms with Gasteiger partial charge in [-0.3, -0.25) is 9.59 Å². The number of hydrogen-bond donors (Lipinski definition) is 2. The van der Waals surface area contributed by atoms with Crippen LogP contribution in [0.3, 0.4) is 0 Å². The Kier molecular flexibility index (Phi) is 8.30. The third kappa shape index (κ3) is 7.41. The summed E-state index contributed by atoms with van der Waals surface area (Å²) >= 11 is 11.7. The van der Waals surface area contributed by atoms with E-state index < -0.39 is 0 Å². The molecule has 0 saturated carbocycles. The van der Waals surface area contributed by atoms with E-state index in [1.807, 2.05) is 24.3 Å². The number of benzene rings is 2. The van der Waals surface area contributed by atoms with Crippen LogP contribution < -0.4 is 10.7 Å². The number of carbonyl (C=O) groups is 2. The Bertz CT molecular complexity index is 820. The number of nitrogens with one attached hydrogen (secondary N) is 2. The zero-order valence-corrected chi connectivity index (χ0v) is 16.5. The van der Waals surface area contributed by atoms with E-state index in [4.69, 9.17) is 23.2 Å². The summed E-state index contributed by atoms with van der Waals surface area (Å²) in [6, 6.07) is 12.8. The molecule has 0 aliphatic carbocycles. The van der Waals surface area contributed by atoms with Crippen molar-refractivity contribution in [1.82, 2.24) is 5.43 Å². The minimum atomic E-state index is -0.237. The molecule has 0 spiro atoms. The summed E-state index contributed by atoms with van der Waals surface area (Å²) in [5.41, 5.74) is 5.19. The summed E-state index contributed by atoms with van der Waals surface area (Å²) < 4.78 is 0. The van der Waals surface area contributed by atoms with E-state index in [1.54, 1.807) is 24.4 Å². The van der Waals surface area contributed by atoms with Gasteiger partial charge in [0.05, 0.1) is 16.3 Å². The number of rotatable bonds is 8. The fourth-order valence-corrected chi connectivity index (χ4v) is 2.58. The molecule has 142 valence electrons. The van der Waals surface area contributed by atoms with Gasteiger partial charge in [-0.15, -0.1) is 0 Å². The van der Waals surface area contributed by atoms with E-state index >= 15 is 0 Å². The third-order valence-electron chi connectivity index (χ3n) is 3.80. The first kappa shape index (κ1) is 20.9. The van der Waals surface area contributed by atoms with Gasteiger partial charge in [0.15, 0.2) is 0 Å². The molecule has 0 fully saturated rings. The summed E-state index contributed by atoms with van der Waals surface area (Å²) in [5, 5.41) is 7.44. The van der Waals surface area contributed by atoms with Gasteiger partial charge in [-0.1, -0.05) is 54.4 Å². The maximum atomic E-state index is 11.9. The predicted molar refractivity (Wildman–Crippen MR) is 110 cm³/mol. The van der Waals surface area contributed by atoms with Crippen LogP contribution in [0, 0.1) is 0 Å². The van der Waals surface area contributed by atoms with Gasteiger partial charge in [0, 0.05) is 18.5 Å². The quantitative estimate of drug-likeness (QED) is 0.488. The van der Waals surface area contributed by atoms with Gasteiger partial charge in [-0.2, -0.15) is 5.10 Å². The maximum absolute atomic E-state index is 11.9. The molecule has 2 aromatic carbocycles. The molecule has 0 aromatic heterocycles. The van der Waals surface area contributed by atoms with E-state index in [2.05, 4.69) is 22.8 Å². The molecule has 5 nitrogen and oxygen atoms in total. The summed E-state index contributed by atoms with van der Waals surface area (Å²) in [6.07, 6.45) is 3.41. The number of hydrogen-bond acceptors (Lipinski definition) is 3. The molecule has 2 amide bonds. The topological polar surface area (TPSA) is 70.6 Å². The Morgan fingerprint density at radius 3 is 2.37 bits per heavy atom. The minimum absolute atomic E-state index is 0.194. The Morgan fingerprint density at radius 1 is 1.00 bits per heavy atom. The van der Waals surface area contributed by atoms with Crippen LogP contribution in [0.25, 0.3) is 0 Å². The van der Waals surface area contributed by atoms with Crippen molar-refractivity contribution in [3.05, 3.63) is 63.6 Å². The normalized spacial score (nSPS) is 10.8. The standard InChI is InChI=1S/C20H21Cl2N3O2/c1-2-14-6-8-15(9-7-14)13-23-25-20(27)5-3-4-19(26)24-16-10-11-17(21)18(22)12-16/h6-13H,2-5H2,1H3,(H,24,26)(H,25,27)/b23-13-. The number of carbonyl (C=O) groups excluding carboxylic acids is 2. The van der Waals surface area contributed by atoms with Gasteiger partial charge in [-0.25, -0.2) is 5.43 Å². The summed E-state index contributed by atoms with van der Waals surface area (Å²) in [5.74, 6) is -0.431. The van der Waals surface area contributed by atoms with Crippen molar-refractivity contribution >= 4 is 46.9 Å². The van der Waals surface area contributed by atoms with Crippen molar-refractivity contribution in [2.24, 2.45) is 5.10 Å². The van der Waals surface area contributed by atoms with Crippen LogP contribution in [0.5, 0.6) is 0 Å². The molecule has 0 heterocycles. The fraction of sp³-hybridized carbons (Fsp3) is 0.250. The molecule has 2 N–H and O–H groups in total. The van der Waals surface area contributed by atoms with Crippen molar-refractivity contribution in [2.45, 2.75) is 32.6 Å². The Balaban J connectivity index is 1.68. The second-order valence-corrected chi connectivity index (χ2v) is 6.73. The van der Waals surface area contributed by atoms with Crippen LogP contribution in [0.1, 0.15) is 37.3 Å². The number of hydrazone groups is 1. The Hall–Kier alpha value is -2.37. The molecule has 0 saturated heterocycles. The van der Waals surface area contributed by atoms with Crippen molar-refractivity contribution in [3.63, 3.8) is 0 Å². The first-order valence-electron chi connectivity index (χ1n) is 8.63. The van der Waals surface area contributed by atoms with Crippen molar-refractivity contribution in [2.75, 3.05) is 5.32 Å². The van der Waals surface area contributed by atoms with Crippen molar-refractivity contribution in [1.29, 1.82) is 0 Å². The summed E-state index contributed by atoms with van der Waals surface area (Å²) in [7, 11) is 0. The predicted octanol–water partition coefficient (Wildman–Crippen LogP) is 4.81. The molecule has 0 aliphatic rings. The lowest BCUT2D eigenvalue weighted by Crippen LogP contribution is -2.18. The van der Waals surface area contributed by atoms with Gasteiger partial charge in [0.1, 0.15) is 0 Å². The highest BCUT2D eigenvalue weighted by Crippen LogP contribution is 2.25. The molecule has 0 radical (unpaired) electrons. The molecule has 2 aromatic rings. The average Bonchev–Trinajstić information content (AvgIpc) is 2.65. The number of nitrogens with zero attached hydrogens (tertiary/aromatic N) is 1. The lowest BCUT2D eigenvalue weighted by Gasteiger charge is -2.06. The molecule has 0 unspecified atom stereocenters. The summed E-state index contributed by atoms with van der Waals surface area (Å²) in [4.78, 5) is 23.7. The van der Waals surface area contributed by atoms with E-state index in [9.17, 15) is 9.59 Å². The highest BCUT2D eigenvalue weighted by atomic mass is 35.5. The van der Waals surface area contributed by atoms with Crippen molar-refractivity contribution < 1.29 is 9.59 Å². The number of amides is 2. The molecule has 27 heavy (non-hydrogen) atoms. The minimum Gasteiger partial charge on any atom is -0.326 e. The number of halogens is 2. The highest BCUT2D eigenvalue weighted by molar-refractivity contribution is 6.42. The van der Waals surface area contributed by atoms with Crippen LogP contribution in [-0.4, -0.2) is 18.0 Å². The van der Waals surface area contributed by atoms with Gasteiger partial charge >= 0.3 is 0 Å². The van der Waals surface area contributed by atoms with Gasteiger partial charge in [-0.05, 0) is 42.2 Å². The zero-order valence-electron chi connectivity index (χ0n) is 15.0. The van der Waals surface area contributed by atoms with Crippen molar-refractivity contribution in [3.8, 4) is 0 Å². The van der Waals surface area contributed by atoms with E-state index in [0.29, 0.717) is 22.2 Å². The monoisotopic (exact) mass is 405 g/mol. The number of aryl methyl sites for hydroxylation is 1. The van der Waals surface area contributed by atoms with E-state index in [-0.39, 0.29) is 24.7 Å².